The van der Waals surface area contributed by atoms with Crippen molar-refractivity contribution < 1.29 is 42.9 Å². The second-order valence-electron chi connectivity index (χ2n) is 12.4. The summed E-state index contributed by atoms with van der Waals surface area (Å²) in [4.78, 5) is 39.7. The van der Waals surface area contributed by atoms with E-state index < -0.39 is 39.5 Å². The van der Waals surface area contributed by atoms with Gasteiger partial charge in [0.2, 0.25) is 0 Å². The molecule has 0 spiro atoms. The Bertz CT molecular complexity index is 2190. The first-order valence-corrected chi connectivity index (χ1v) is 30.2. The smallest absolute Gasteiger partial charge is 0.316 e. The third-order valence-electron chi connectivity index (χ3n) is 7.22. The molecule has 2 atom stereocenters. The van der Waals surface area contributed by atoms with Gasteiger partial charge in [0.25, 0.3) is 0 Å². The Morgan fingerprint density at radius 1 is 0.480 bits per heavy atom. The van der Waals surface area contributed by atoms with Crippen molar-refractivity contribution in [2.75, 3.05) is 17.3 Å². The van der Waals surface area contributed by atoms with Gasteiger partial charge < -0.3 is 15.3 Å². The Balaban J connectivity index is -0.000000188. The highest BCUT2D eigenvalue weighted by atomic mass is 35.5. The molecule has 14 heteroatoms. The molecule has 9 nitrogen and oxygen atoms in total. The zero-order valence-corrected chi connectivity index (χ0v) is 50.4. The quantitative estimate of drug-likeness (QED) is 0.0442. The summed E-state index contributed by atoms with van der Waals surface area (Å²) < 4.78 is 23.0. The molecule has 0 aromatic heterocycles. The van der Waals surface area contributed by atoms with E-state index in [1.807, 2.05) is 259 Å². The van der Waals surface area contributed by atoms with Gasteiger partial charge in [-0.15, -0.1) is 23.4 Å². The summed E-state index contributed by atoms with van der Waals surface area (Å²) in [7, 11) is -2.25. The molecule has 75 heavy (non-hydrogen) atoms. The number of aldehydes is 1. The van der Waals surface area contributed by atoms with E-state index in [9.17, 15) is 27.6 Å². The molecule has 6 aromatic rings. The standard InChI is InChI=1S/C15H14OS.C9H10O3S.C9H10O2S.C7H7Cl.C7H6O.C2H4O2S.6C2H6/c16-17(13-15-9-5-2-6-10-15)12-11-14-7-3-1-4-8-14;10-9(11)7-13(12)6-8-4-2-1-3-5-8;10-9(11)7-12-6-8-4-2-1-3-5-8;2*8-6-7-4-2-1-3-5-7;3-2(4)1-5;6*1-2/h1-12H,13H2;1-5H,6-7H2,(H,10,11);1-5H,6-7H2,(H,10,11);1-5H,6H2;1-6H;5H,1H2,(H,3,4);6*1-2H3/b12-11+;;;;;;;;;;;. The van der Waals surface area contributed by atoms with E-state index in [1.54, 1.807) is 17.5 Å². The number of carboxylic acids is 3. The predicted molar refractivity (Wildman–Crippen MR) is 332 cm³/mol. The maximum atomic E-state index is 11.8. The van der Waals surface area contributed by atoms with Gasteiger partial charge in [0.1, 0.15) is 12.0 Å². The van der Waals surface area contributed by atoms with Gasteiger partial charge in [0.05, 0.1) is 28.1 Å². The van der Waals surface area contributed by atoms with Gasteiger partial charge in [-0.05, 0) is 33.9 Å². The van der Waals surface area contributed by atoms with Gasteiger partial charge in [0, 0.05) is 39.2 Å². The molecule has 0 saturated carbocycles. The first kappa shape index (κ1) is 80.8. The summed E-state index contributed by atoms with van der Waals surface area (Å²) in [5.41, 5.74) is 6.16. The van der Waals surface area contributed by atoms with Crippen LogP contribution in [0.5, 0.6) is 0 Å². The number of carbonyl (C=O) groups excluding carboxylic acids is 1. The normalized spacial score (nSPS) is 9.41. The number of hydrogen-bond donors (Lipinski definition) is 4. The van der Waals surface area contributed by atoms with Crippen LogP contribution in [-0.4, -0.2) is 65.2 Å². The molecule has 0 saturated heterocycles. The van der Waals surface area contributed by atoms with Crippen LogP contribution in [0.1, 0.15) is 121 Å². The molecule has 6 rings (SSSR count). The van der Waals surface area contributed by atoms with Crippen molar-refractivity contribution in [2.24, 2.45) is 0 Å². The average molecular weight is 1130 g/mol. The first-order chi connectivity index (χ1) is 36.4. The number of hydrogen-bond acceptors (Lipinski definition) is 8. The number of carboxylic acid groups (broad SMARTS) is 3. The van der Waals surface area contributed by atoms with Crippen LogP contribution in [0.3, 0.4) is 0 Å². The molecule has 3 N–H and O–H groups in total. The van der Waals surface area contributed by atoms with E-state index in [-0.39, 0.29) is 17.3 Å². The number of aliphatic carboxylic acids is 3. The molecule has 0 aliphatic rings. The van der Waals surface area contributed by atoms with Gasteiger partial charge >= 0.3 is 17.9 Å². The molecule has 0 aliphatic heterocycles. The van der Waals surface area contributed by atoms with Crippen LogP contribution in [0.4, 0.5) is 0 Å². The van der Waals surface area contributed by atoms with Gasteiger partial charge in [-0.1, -0.05) is 265 Å². The average Bonchev–Trinajstić information content (AvgIpc) is 3.47. The third kappa shape index (κ3) is 59.2. The topological polar surface area (TPSA) is 163 Å². The van der Waals surface area contributed by atoms with E-state index in [2.05, 4.69) is 12.6 Å². The minimum atomic E-state index is -1.30. The lowest BCUT2D eigenvalue weighted by Gasteiger charge is -1.98. The second-order valence-corrected chi connectivity index (χ2v) is 16.8. The van der Waals surface area contributed by atoms with Crippen molar-refractivity contribution in [1.82, 2.24) is 0 Å². The van der Waals surface area contributed by atoms with E-state index >= 15 is 0 Å². The Morgan fingerprint density at radius 3 is 1.09 bits per heavy atom. The summed E-state index contributed by atoms with van der Waals surface area (Å²) in [6.45, 7) is 24.0. The van der Waals surface area contributed by atoms with Crippen LogP contribution in [0.15, 0.2) is 187 Å². The Kier molecular flexibility index (Phi) is 71.6. The second kappa shape index (κ2) is 66.4. The molecule has 0 heterocycles. The minimum absolute atomic E-state index is 0.0833. The Hall–Kier alpha value is -5.57. The van der Waals surface area contributed by atoms with Crippen molar-refractivity contribution in [3.63, 3.8) is 0 Å². The van der Waals surface area contributed by atoms with Crippen molar-refractivity contribution in [1.29, 1.82) is 0 Å². The lowest BCUT2D eigenvalue weighted by molar-refractivity contribution is -0.135. The number of thioether (sulfide) groups is 1. The summed E-state index contributed by atoms with van der Waals surface area (Å²) >= 11 is 10.4. The maximum Gasteiger partial charge on any atom is 0.316 e. The summed E-state index contributed by atoms with van der Waals surface area (Å²) in [5.74, 6) is -0.576. The highest BCUT2D eigenvalue weighted by Crippen LogP contribution is 2.11. The molecule has 0 bridgehead atoms. The summed E-state index contributed by atoms with van der Waals surface area (Å²) in [6.07, 6.45) is 2.74. The van der Waals surface area contributed by atoms with Crippen LogP contribution >= 0.6 is 36.0 Å². The Morgan fingerprint density at radius 2 is 0.800 bits per heavy atom. The number of halogens is 1. The summed E-state index contributed by atoms with van der Waals surface area (Å²) in [6, 6.07) is 57.9. The highest BCUT2D eigenvalue weighted by Gasteiger charge is 2.06. The molecular formula is C61H87ClO9S4. The van der Waals surface area contributed by atoms with Gasteiger partial charge in [0.15, 0.2) is 0 Å². The maximum absolute atomic E-state index is 11.8. The molecule has 0 aliphatic carbocycles. The van der Waals surface area contributed by atoms with E-state index in [0.717, 1.165) is 34.3 Å². The van der Waals surface area contributed by atoms with Gasteiger partial charge in [-0.25, -0.2) is 0 Å². The lowest BCUT2D eigenvalue weighted by atomic mass is 10.2. The van der Waals surface area contributed by atoms with Crippen LogP contribution in [0.25, 0.3) is 6.08 Å². The fourth-order valence-corrected chi connectivity index (χ4v) is 7.13. The monoisotopic (exact) mass is 1130 g/mol. The molecule has 2 unspecified atom stereocenters. The SMILES string of the molecule is CC.CC.CC.CC.CC.CC.ClCc1ccccc1.O=C(O)CS.O=C(O)CS(=O)Cc1ccccc1.O=C(O)CSCc1ccccc1.O=Cc1ccccc1.O=S(/C=C/c1ccccc1)Cc1ccccc1. The molecule has 6 aromatic carbocycles. The first-order valence-electron chi connectivity index (χ1n) is 25.0. The molecule has 416 valence electrons. The summed E-state index contributed by atoms with van der Waals surface area (Å²) in [5, 5.41) is 26.1. The van der Waals surface area contributed by atoms with Crippen LogP contribution < -0.4 is 0 Å². The fraction of sp³-hybridized carbons (Fsp3) is 0.311. The van der Waals surface area contributed by atoms with E-state index in [0.29, 0.717) is 17.4 Å². The van der Waals surface area contributed by atoms with Crippen molar-refractivity contribution >= 4 is 87.9 Å². The zero-order chi connectivity index (χ0) is 58.3. The molecule has 0 fully saturated rings. The molecular weight excluding hydrogens is 1040 g/mol. The largest absolute Gasteiger partial charge is 0.481 e. The number of thiol groups is 1. The van der Waals surface area contributed by atoms with Crippen LogP contribution in [-0.2, 0) is 59.1 Å². The van der Waals surface area contributed by atoms with E-state index in [4.69, 9.17) is 26.9 Å². The van der Waals surface area contributed by atoms with Gasteiger partial charge in [-0.2, -0.15) is 12.6 Å². The zero-order valence-electron chi connectivity index (χ0n) is 46.3. The highest BCUT2D eigenvalue weighted by molar-refractivity contribution is 7.99. The third-order valence-corrected chi connectivity index (χ3v) is 11.1. The van der Waals surface area contributed by atoms with Crippen LogP contribution in [0.2, 0.25) is 0 Å². The predicted octanol–water partition coefficient (Wildman–Crippen LogP) is 16.7. The molecule has 0 radical (unpaired) electrons. The lowest BCUT2D eigenvalue weighted by Crippen LogP contribution is -2.10. The van der Waals surface area contributed by atoms with Crippen LogP contribution in [0, 0.1) is 0 Å². The number of carbonyl (C=O) groups is 4. The minimum Gasteiger partial charge on any atom is -0.481 e. The van der Waals surface area contributed by atoms with Crippen molar-refractivity contribution in [3.8, 4) is 0 Å². The molecule has 0 amide bonds. The number of benzene rings is 6. The van der Waals surface area contributed by atoms with Gasteiger partial charge in [-0.3, -0.25) is 27.6 Å². The number of rotatable bonds is 15. The van der Waals surface area contributed by atoms with Crippen molar-refractivity contribution in [2.45, 2.75) is 106 Å². The van der Waals surface area contributed by atoms with E-state index in [1.165, 1.54) is 22.9 Å². The number of alkyl halides is 1. The Labute approximate surface area is 472 Å². The fourth-order valence-electron chi connectivity index (χ4n) is 4.38. The van der Waals surface area contributed by atoms with Crippen molar-refractivity contribution in [3.05, 3.63) is 221 Å².